The van der Waals surface area contributed by atoms with Crippen LogP contribution in [0.15, 0.2) is 22.7 Å². The van der Waals surface area contributed by atoms with Crippen LogP contribution < -0.4 is 0 Å². The molecule has 1 fully saturated rings. The van der Waals surface area contributed by atoms with Gasteiger partial charge in [0.2, 0.25) is 0 Å². The molecule has 1 heterocycles. The normalized spacial score (nSPS) is 19.3. The summed E-state index contributed by atoms with van der Waals surface area (Å²) < 4.78 is 0.777. The first-order valence-corrected chi connectivity index (χ1v) is 7.53. The fourth-order valence-electron chi connectivity index (χ4n) is 2.47. The molecule has 0 radical (unpaired) electrons. The van der Waals surface area contributed by atoms with Crippen LogP contribution in [0.4, 0.5) is 0 Å². The van der Waals surface area contributed by atoms with Crippen molar-refractivity contribution < 1.29 is 4.79 Å². The zero-order chi connectivity index (χ0) is 13.1. The van der Waals surface area contributed by atoms with Gasteiger partial charge in [0, 0.05) is 23.1 Å². The first-order valence-electron chi connectivity index (χ1n) is 6.36. The molecule has 1 amide bonds. The number of amides is 1. The van der Waals surface area contributed by atoms with Crippen LogP contribution in [0.1, 0.15) is 36.5 Å². The summed E-state index contributed by atoms with van der Waals surface area (Å²) >= 11 is 9.29. The highest BCUT2D eigenvalue weighted by molar-refractivity contribution is 9.10. The first-order chi connectivity index (χ1) is 8.61. The van der Waals surface area contributed by atoms with Gasteiger partial charge in [-0.25, -0.2) is 0 Å². The maximum atomic E-state index is 12.3. The fourth-order valence-corrected chi connectivity index (χ4v) is 2.97. The van der Waals surface area contributed by atoms with Crippen LogP contribution in [-0.2, 0) is 0 Å². The highest BCUT2D eigenvalue weighted by Gasteiger charge is 2.26. The third-order valence-corrected chi connectivity index (χ3v) is 4.65. The second-order valence-corrected chi connectivity index (χ2v) is 6.08. The number of hydrogen-bond donors (Lipinski definition) is 0. The minimum absolute atomic E-state index is 0.117. The molecule has 98 valence electrons. The molecule has 0 bridgehead atoms. The maximum absolute atomic E-state index is 12.3. The van der Waals surface area contributed by atoms with Crippen LogP contribution in [0.5, 0.6) is 0 Å². The summed E-state index contributed by atoms with van der Waals surface area (Å²) in [7, 11) is 0. The van der Waals surface area contributed by atoms with Crippen LogP contribution in [0.2, 0.25) is 5.02 Å². The quantitative estimate of drug-likeness (QED) is 0.806. The summed E-state index contributed by atoms with van der Waals surface area (Å²) in [5.74, 6) is 0.792. The molecule has 4 heteroatoms. The smallest absolute Gasteiger partial charge is 0.253 e. The molecule has 1 aliphatic rings. The SMILES string of the molecule is CCCC1CCN(C(=O)c2ccc(Cl)c(Br)c2)C1. The van der Waals surface area contributed by atoms with Crippen molar-refractivity contribution in [1.29, 1.82) is 0 Å². The van der Waals surface area contributed by atoms with E-state index in [-0.39, 0.29) is 5.91 Å². The van der Waals surface area contributed by atoms with Crippen LogP contribution in [0.3, 0.4) is 0 Å². The predicted octanol–water partition coefficient (Wildman–Crippen LogP) is 4.36. The Labute approximate surface area is 121 Å². The molecule has 18 heavy (non-hydrogen) atoms. The Morgan fingerprint density at radius 2 is 2.33 bits per heavy atom. The van der Waals surface area contributed by atoms with Gasteiger partial charge in [0.15, 0.2) is 0 Å². The number of benzene rings is 1. The number of halogens is 2. The Bertz CT molecular complexity index is 449. The summed E-state index contributed by atoms with van der Waals surface area (Å²) in [5, 5.41) is 0.636. The Morgan fingerprint density at radius 3 is 3.00 bits per heavy atom. The van der Waals surface area contributed by atoms with E-state index in [0.29, 0.717) is 16.5 Å². The Balaban J connectivity index is 2.05. The summed E-state index contributed by atoms with van der Waals surface area (Å²) in [6, 6.07) is 5.36. The van der Waals surface area contributed by atoms with Crippen molar-refractivity contribution in [2.45, 2.75) is 26.2 Å². The number of hydrogen-bond acceptors (Lipinski definition) is 1. The summed E-state index contributed by atoms with van der Waals surface area (Å²) in [5.41, 5.74) is 0.712. The third kappa shape index (κ3) is 3.07. The minimum Gasteiger partial charge on any atom is -0.338 e. The molecule has 1 unspecified atom stereocenters. The monoisotopic (exact) mass is 329 g/mol. The molecule has 0 N–H and O–H groups in total. The molecule has 2 nitrogen and oxygen atoms in total. The average molecular weight is 331 g/mol. The molecule has 0 aromatic heterocycles. The van der Waals surface area contributed by atoms with E-state index >= 15 is 0 Å². The molecule has 1 atom stereocenters. The number of nitrogens with zero attached hydrogens (tertiary/aromatic N) is 1. The van der Waals surface area contributed by atoms with Gasteiger partial charge in [-0.1, -0.05) is 24.9 Å². The largest absolute Gasteiger partial charge is 0.338 e. The van der Waals surface area contributed by atoms with Crippen molar-refractivity contribution >= 4 is 33.4 Å². The molecule has 0 spiro atoms. The molecule has 0 aliphatic carbocycles. The van der Waals surface area contributed by atoms with Gasteiger partial charge in [-0.2, -0.15) is 0 Å². The summed E-state index contributed by atoms with van der Waals surface area (Å²) in [6.07, 6.45) is 3.54. The average Bonchev–Trinajstić information content (AvgIpc) is 2.81. The first kappa shape index (κ1) is 13.9. The van der Waals surface area contributed by atoms with Crippen molar-refractivity contribution in [3.05, 3.63) is 33.3 Å². The van der Waals surface area contributed by atoms with E-state index < -0.39 is 0 Å². The van der Waals surface area contributed by atoms with Gasteiger partial charge in [0.05, 0.1) is 5.02 Å². The second-order valence-electron chi connectivity index (χ2n) is 4.82. The van der Waals surface area contributed by atoms with Crippen LogP contribution >= 0.6 is 27.5 Å². The molecular formula is C14H17BrClNO. The van der Waals surface area contributed by atoms with E-state index in [1.165, 1.54) is 12.8 Å². The third-order valence-electron chi connectivity index (χ3n) is 3.44. The fraction of sp³-hybridized carbons (Fsp3) is 0.500. The minimum atomic E-state index is 0.117. The Hall–Kier alpha value is -0.540. The highest BCUT2D eigenvalue weighted by atomic mass is 79.9. The topological polar surface area (TPSA) is 20.3 Å². The van der Waals surface area contributed by atoms with Gasteiger partial charge in [0.1, 0.15) is 0 Å². The van der Waals surface area contributed by atoms with Gasteiger partial charge in [0.25, 0.3) is 5.91 Å². The van der Waals surface area contributed by atoms with Crippen molar-refractivity contribution in [3.63, 3.8) is 0 Å². The van der Waals surface area contributed by atoms with E-state index in [1.807, 2.05) is 4.90 Å². The number of rotatable bonds is 3. The molecule has 1 saturated heterocycles. The molecule has 1 aromatic carbocycles. The predicted molar refractivity (Wildman–Crippen MR) is 78.1 cm³/mol. The molecule has 2 rings (SSSR count). The van der Waals surface area contributed by atoms with Crippen molar-refractivity contribution in [1.82, 2.24) is 4.90 Å². The lowest BCUT2D eigenvalue weighted by Gasteiger charge is -2.16. The molecule has 1 aliphatic heterocycles. The van der Waals surface area contributed by atoms with Crippen molar-refractivity contribution in [2.24, 2.45) is 5.92 Å². The number of likely N-dealkylation sites (tertiary alicyclic amines) is 1. The van der Waals surface area contributed by atoms with Crippen molar-refractivity contribution in [3.8, 4) is 0 Å². The van der Waals surface area contributed by atoms with E-state index in [4.69, 9.17) is 11.6 Å². The van der Waals surface area contributed by atoms with Gasteiger partial charge in [-0.15, -0.1) is 0 Å². The van der Waals surface area contributed by atoms with Gasteiger partial charge < -0.3 is 4.90 Å². The Morgan fingerprint density at radius 1 is 1.56 bits per heavy atom. The lowest BCUT2D eigenvalue weighted by Crippen LogP contribution is -2.28. The van der Waals surface area contributed by atoms with Crippen LogP contribution in [0.25, 0.3) is 0 Å². The van der Waals surface area contributed by atoms with Gasteiger partial charge in [-0.3, -0.25) is 4.79 Å². The lowest BCUT2D eigenvalue weighted by molar-refractivity contribution is 0.0786. The summed E-state index contributed by atoms with van der Waals surface area (Å²) in [6.45, 7) is 3.97. The van der Waals surface area contributed by atoms with Crippen molar-refractivity contribution in [2.75, 3.05) is 13.1 Å². The van der Waals surface area contributed by atoms with Gasteiger partial charge in [-0.05, 0) is 52.9 Å². The second kappa shape index (κ2) is 6.07. The standard InChI is InChI=1S/C14H17BrClNO/c1-2-3-10-6-7-17(9-10)14(18)11-4-5-13(16)12(15)8-11/h4-5,8,10H,2-3,6-7,9H2,1H3. The highest BCUT2D eigenvalue weighted by Crippen LogP contribution is 2.26. The maximum Gasteiger partial charge on any atom is 0.253 e. The Kier molecular flexibility index (Phi) is 4.68. The van der Waals surface area contributed by atoms with Gasteiger partial charge >= 0.3 is 0 Å². The van der Waals surface area contributed by atoms with Crippen LogP contribution in [-0.4, -0.2) is 23.9 Å². The zero-order valence-electron chi connectivity index (χ0n) is 10.5. The van der Waals surface area contributed by atoms with E-state index in [9.17, 15) is 4.79 Å². The van der Waals surface area contributed by atoms with E-state index in [0.717, 1.165) is 24.0 Å². The number of carbonyl (C=O) groups excluding carboxylic acids is 1. The zero-order valence-corrected chi connectivity index (χ0v) is 12.8. The number of carbonyl (C=O) groups is 1. The van der Waals surface area contributed by atoms with E-state index in [2.05, 4.69) is 22.9 Å². The summed E-state index contributed by atoms with van der Waals surface area (Å²) in [4.78, 5) is 14.3. The molecular weight excluding hydrogens is 314 g/mol. The molecule has 1 aromatic rings. The lowest BCUT2D eigenvalue weighted by atomic mass is 10.0. The van der Waals surface area contributed by atoms with E-state index in [1.54, 1.807) is 18.2 Å². The van der Waals surface area contributed by atoms with Crippen LogP contribution in [0, 0.1) is 5.92 Å². The molecule has 0 saturated carbocycles.